The van der Waals surface area contributed by atoms with Gasteiger partial charge in [0.15, 0.2) is 9.84 Å². The second-order valence-corrected chi connectivity index (χ2v) is 8.58. The molecule has 2 rings (SSSR count). The quantitative estimate of drug-likeness (QED) is 0.846. The average molecular weight is 302 g/mol. The van der Waals surface area contributed by atoms with Gasteiger partial charge in [-0.05, 0) is 25.2 Å². The number of sulfone groups is 1. The maximum atomic E-state index is 12.6. The molecule has 6 heteroatoms. The van der Waals surface area contributed by atoms with Crippen LogP contribution in [0.4, 0.5) is 0 Å². The van der Waals surface area contributed by atoms with Crippen LogP contribution in [0.1, 0.15) is 46.5 Å². The molecule has 1 N–H and O–H groups in total. The van der Waals surface area contributed by atoms with Crippen molar-refractivity contribution in [3.8, 4) is 0 Å². The first kappa shape index (κ1) is 15.8. The van der Waals surface area contributed by atoms with Crippen molar-refractivity contribution in [3.05, 3.63) is 0 Å². The van der Waals surface area contributed by atoms with Crippen molar-refractivity contribution < 1.29 is 13.2 Å². The summed E-state index contributed by atoms with van der Waals surface area (Å²) in [5.41, 5.74) is 0. The van der Waals surface area contributed by atoms with Gasteiger partial charge < -0.3 is 4.90 Å². The lowest BCUT2D eigenvalue weighted by molar-refractivity contribution is -0.132. The Morgan fingerprint density at radius 3 is 2.65 bits per heavy atom. The smallest absolute Gasteiger partial charge is 0.241 e. The fourth-order valence-electron chi connectivity index (χ4n) is 3.31. The number of hydrogen-bond donors (Lipinski definition) is 1. The maximum absolute atomic E-state index is 12.6. The topological polar surface area (TPSA) is 66.5 Å². The minimum atomic E-state index is -2.99. The van der Waals surface area contributed by atoms with Gasteiger partial charge in [-0.25, -0.2) is 8.42 Å². The van der Waals surface area contributed by atoms with E-state index in [-0.39, 0.29) is 41.6 Å². The molecular weight excluding hydrogens is 276 g/mol. The van der Waals surface area contributed by atoms with Gasteiger partial charge in [0.25, 0.3) is 0 Å². The third kappa shape index (κ3) is 3.17. The van der Waals surface area contributed by atoms with Gasteiger partial charge in [-0.1, -0.05) is 27.2 Å². The zero-order valence-corrected chi connectivity index (χ0v) is 13.4. The normalized spacial score (nSPS) is 33.9. The molecule has 0 bridgehead atoms. The second kappa shape index (κ2) is 6.02. The van der Waals surface area contributed by atoms with Crippen LogP contribution in [-0.4, -0.2) is 49.0 Å². The molecule has 0 aliphatic carbocycles. The molecule has 0 radical (unpaired) electrons. The van der Waals surface area contributed by atoms with Gasteiger partial charge in [0, 0.05) is 6.04 Å². The summed E-state index contributed by atoms with van der Waals surface area (Å²) < 4.78 is 23.7. The monoisotopic (exact) mass is 302 g/mol. The first-order chi connectivity index (χ1) is 9.35. The van der Waals surface area contributed by atoms with Crippen molar-refractivity contribution in [2.75, 3.05) is 11.5 Å². The van der Waals surface area contributed by atoms with E-state index < -0.39 is 9.84 Å². The first-order valence-electron chi connectivity index (χ1n) is 7.64. The molecule has 116 valence electrons. The van der Waals surface area contributed by atoms with Crippen LogP contribution in [0.5, 0.6) is 0 Å². The van der Waals surface area contributed by atoms with E-state index in [0.29, 0.717) is 6.42 Å². The number of nitrogens with zero attached hydrogens (tertiary/aromatic N) is 1. The predicted molar refractivity (Wildman–Crippen MR) is 79.0 cm³/mol. The van der Waals surface area contributed by atoms with Crippen LogP contribution in [0.15, 0.2) is 0 Å². The molecule has 2 saturated heterocycles. The Hall–Kier alpha value is -0.620. The molecule has 0 aromatic heterocycles. The fourth-order valence-corrected chi connectivity index (χ4v) is 5.00. The standard InChI is InChI=1S/C14H26N2O3S/c1-4-6-12-14(17)16(13(15-12)10(2)3)11-7-5-8-20(18,19)9-11/h10-13,15H,4-9H2,1-3H3. The van der Waals surface area contributed by atoms with Crippen LogP contribution in [0.3, 0.4) is 0 Å². The van der Waals surface area contributed by atoms with E-state index in [0.717, 1.165) is 19.3 Å². The van der Waals surface area contributed by atoms with Crippen LogP contribution in [0, 0.1) is 5.92 Å². The number of rotatable bonds is 4. The lowest BCUT2D eigenvalue weighted by atomic mass is 10.1. The highest BCUT2D eigenvalue weighted by molar-refractivity contribution is 7.91. The van der Waals surface area contributed by atoms with Gasteiger partial charge in [-0.15, -0.1) is 0 Å². The second-order valence-electron chi connectivity index (χ2n) is 6.35. The molecule has 3 unspecified atom stereocenters. The minimum Gasteiger partial charge on any atom is -0.322 e. The van der Waals surface area contributed by atoms with E-state index in [1.165, 1.54) is 0 Å². The van der Waals surface area contributed by atoms with Crippen LogP contribution >= 0.6 is 0 Å². The Kier molecular flexibility index (Phi) is 4.74. The van der Waals surface area contributed by atoms with Gasteiger partial charge in [0.2, 0.25) is 5.91 Å². The predicted octanol–water partition coefficient (Wildman–Crippen LogP) is 1.15. The summed E-state index contributed by atoms with van der Waals surface area (Å²) in [4.78, 5) is 14.4. The van der Waals surface area contributed by atoms with Crippen LogP contribution in [0.2, 0.25) is 0 Å². The molecule has 3 atom stereocenters. The van der Waals surface area contributed by atoms with Crippen molar-refractivity contribution in [1.29, 1.82) is 0 Å². The molecule has 0 saturated carbocycles. The van der Waals surface area contributed by atoms with E-state index in [1.54, 1.807) is 0 Å². The van der Waals surface area contributed by atoms with Gasteiger partial charge in [-0.2, -0.15) is 0 Å². The highest BCUT2D eigenvalue weighted by atomic mass is 32.2. The SMILES string of the molecule is CCCC1NC(C(C)C)N(C2CCCS(=O)(=O)C2)C1=O. The number of hydrogen-bond acceptors (Lipinski definition) is 4. The summed E-state index contributed by atoms with van der Waals surface area (Å²) in [6, 6.07) is -0.292. The number of nitrogens with one attached hydrogen (secondary N) is 1. The van der Waals surface area contributed by atoms with Crippen molar-refractivity contribution in [2.45, 2.75) is 64.7 Å². The van der Waals surface area contributed by atoms with E-state index in [1.807, 2.05) is 4.90 Å². The van der Waals surface area contributed by atoms with Crippen molar-refractivity contribution in [1.82, 2.24) is 10.2 Å². The summed E-state index contributed by atoms with van der Waals surface area (Å²) in [5, 5.41) is 3.40. The fraction of sp³-hybridized carbons (Fsp3) is 0.929. The highest BCUT2D eigenvalue weighted by Gasteiger charge is 2.44. The molecule has 2 fully saturated rings. The zero-order chi connectivity index (χ0) is 14.9. The molecule has 2 heterocycles. The maximum Gasteiger partial charge on any atom is 0.241 e. The zero-order valence-electron chi connectivity index (χ0n) is 12.6. The number of carbonyl (C=O) groups excluding carboxylic acids is 1. The Bertz CT molecular complexity index is 461. The summed E-state index contributed by atoms with van der Waals surface area (Å²) >= 11 is 0. The van der Waals surface area contributed by atoms with Crippen LogP contribution < -0.4 is 5.32 Å². The molecule has 0 aromatic carbocycles. The summed E-state index contributed by atoms with van der Waals surface area (Å²) in [7, 11) is -2.99. The third-order valence-electron chi connectivity index (χ3n) is 4.27. The van der Waals surface area contributed by atoms with E-state index in [4.69, 9.17) is 0 Å². The van der Waals surface area contributed by atoms with E-state index >= 15 is 0 Å². The molecule has 1 amide bonds. The lowest BCUT2D eigenvalue weighted by Gasteiger charge is -2.36. The van der Waals surface area contributed by atoms with Crippen molar-refractivity contribution in [2.24, 2.45) is 5.92 Å². The minimum absolute atomic E-state index is 0.0302. The van der Waals surface area contributed by atoms with Crippen LogP contribution in [0.25, 0.3) is 0 Å². The number of amides is 1. The highest BCUT2D eigenvalue weighted by Crippen LogP contribution is 2.27. The molecule has 0 spiro atoms. The first-order valence-corrected chi connectivity index (χ1v) is 9.46. The Labute approximate surface area is 122 Å². The molecule has 20 heavy (non-hydrogen) atoms. The molecule has 2 aliphatic heterocycles. The largest absolute Gasteiger partial charge is 0.322 e. The molecule has 5 nitrogen and oxygen atoms in total. The van der Waals surface area contributed by atoms with Gasteiger partial charge >= 0.3 is 0 Å². The molecule has 2 aliphatic rings. The number of carbonyl (C=O) groups is 1. The van der Waals surface area contributed by atoms with E-state index in [2.05, 4.69) is 26.1 Å². The molecule has 0 aromatic rings. The summed E-state index contributed by atoms with van der Waals surface area (Å²) in [5.74, 6) is 0.768. The Balaban J connectivity index is 2.20. The van der Waals surface area contributed by atoms with Crippen molar-refractivity contribution >= 4 is 15.7 Å². The van der Waals surface area contributed by atoms with E-state index in [9.17, 15) is 13.2 Å². The average Bonchev–Trinajstić information content (AvgIpc) is 2.66. The van der Waals surface area contributed by atoms with Crippen molar-refractivity contribution in [3.63, 3.8) is 0 Å². The van der Waals surface area contributed by atoms with Gasteiger partial charge in [0.1, 0.15) is 0 Å². The molecular formula is C14H26N2O3S. The lowest BCUT2D eigenvalue weighted by Crippen LogP contribution is -2.51. The third-order valence-corrected chi connectivity index (χ3v) is 6.07. The van der Waals surface area contributed by atoms with Crippen LogP contribution in [-0.2, 0) is 14.6 Å². The summed E-state index contributed by atoms with van der Waals surface area (Å²) in [6.07, 6.45) is 3.20. The van der Waals surface area contributed by atoms with Gasteiger partial charge in [0.05, 0.1) is 23.7 Å². The van der Waals surface area contributed by atoms with Gasteiger partial charge in [-0.3, -0.25) is 10.1 Å². The Morgan fingerprint density at radius 2 is 2.10 bits per heavy atom. The Morgan fingerprint density at radius 1 is 1.40 bits per heavy atom. The summed E-state index contributed by atoms with van der Waals surface area (Å²) in [6.45, 7) is 6.21.